The van der Waals surface area contributed by atoms with Crippen LogP contribution in [0.25, 0.3) is 0 Å². The van der Waals surface area contributed by atoms with Crippen molar-refractivity contribution in [2.75, 3.05) is 33.0 Å². The lowest BCUT2D eigenvalue weighted by atomic mass is 9.75. The van der Waals surface area contributed by atoms with Gasteiger partial charge in [-0.1, -0.05) is 19.9 Å². The monoisotopic (exact) mass is 423 g/mol. The third-order valence-electron chi connectivity index (χ3n) is 6.62. The summed E-state index contributed by atoms with van der Waals surface area (Å²) in [6.45, 7) is 10.2. The number of hydrogen-bond acceptors (Lipinski definition) is 5. The summed E-state index contributed by atoms with van der Waals surface area (Å²) >= 11 is 0. The third kappa shape index (κ3) is 3.71. The SMILES string of the molecule is Cc1c(C(=O)N2CCN(Cc3ccc4c(c3)OCO4)CC2)[nH]c2c1C(=O)CC(C)(C)C2. The highest BCUT2D eigenvalue weighted by atomic mass is 16.7. The molecule has 0 atom stereocenters. The van der Waals surface area contributed by atoms with Crippen LogP contribution in [0.5, 0.6) is 11.5 Å². The average molecular weight is 424 g/mol. The first kappa shape index (κ1) is 20.1. The number of aromatic amines is 1. The number of amides is 1. The van der Waals surface area contributed by atoms with Gasteiger partial charge in [-0.2, -0.15) is 0 Å². The van der Waals surface area contributed by atoms with Gasteiger partial charge in [0.15, 0.2) is 17.3 Å². The third-order valence-corrected chi connectivity index (χ3v) is 6.62. The van der Waals surface area contributed by atoms with Crippen LogP contribution in [0.4, 0.5) is 0 Å². The summed E-state index contributed by atoms with van der Waals surface area (Å²) in [4.78, 5) is 33.4. The van der Waals surface area contributed by atoms with Crippen molar-refractivity contribution in [2.45, 2.75) is 40.2 Å². The molecule has 2 aromatic rings. The van der Waals surface area contributed by atoms with E-state index in [2.05, 4.69) is 29.8 Å². The van der Waals surface area contributed by atoms with Crippen molar-refractivity contribution in [2.24, 2.45) is 5.41 Å². The minimum Gasteiger partial charge on any atom is -0.454 e. The molecule has 2 aliphatic heterocycles. The minimum atomic E-state index is -0.0674. The normalized spacial score (nSPS) is 20.1. The Labute approximate surface area is 182 Å². The Balaban J connectivity index is 1.24. The average Bonchev–Trinajstić information content (AvgIpc) is 3.31. The Kier molecular flexibility index (Phi) is 4.81. The van der Waals surface area contributed by atoms with Gasteiger partial charge in [-0.3, -0.25) is 14.5 Å². The molecule has 1 aromatic carbocycles. The zero-order chi connectivity index (χ0) is 21.8. The van der Waals surface area contributed by atoms with Gasteiger partial charge in [0.25, 0.3) is 5.91 Å². The maximum atomic E-state index is 13.2. The quantitative estimate of drug-likeness (QED) is 0.821. The van der Waals surface area contributed by atoms with Crippen molar-refractivity contribution in [3.05, 3.63) is 46.3 Å². The smallest absolute Gasteiger partial charge is 0.270 e. The van der Waals surface area contributed by atoms with Crippen molar-refractivity contribution in [3.63, 3.8) is 0 Å². The van der Waals surface area contributed by atoms with Gasteiger partial charge in [0.05, 0.1) is 0 Å². The maximum Gasteiger partial charge on any atom is 0.270 e. The number of carbonyl (C=O) groups is 2. The molecule has 1 aliphatic carbocycles. The molecule has 1 N–H and O–H groups in total. The van der Waals surface area contributed by atoms with Gasteiger partial charge in [-0.25, -0.2) is 0 Å². The van der Waals surface area contributed by atoms with Gasteiger partial charge < -0.3 is 19.4 Å². The Bertz CT molecular complexity index is 1050. The van der Waals surface area contributed by atoms with E-state index in [0.717, 1.165) is 54.4 Å². The molecule has 5 rings (SSSR count). The number of ether oxygens (including phenoxy) is 2. The van der Waals surface area contributed by atoms with Crippen LogP contribution in [0.1, 0.15) is 57.9 Å². The molecule has 3 heterocycles. The molecule has 1 fully saturated rings. The first-order valence-electron chi connectivity index (χ1n) is 11.0. The van der Waals surface area contributed by atoms with Crippen molar-refractivity contribution < 1.29 is 19.1 Å². The molecular weight excluding hydrogens is 394 g/mol. The number of carbonyl (C=O) groups excluding carboxylic acids is 2. The fraction of sp³-hybridized carbons (Fsp3) is 0.500. The summed E-state index contributed by atoms with van der Waals surface area (Å²) in [7, 11) is 0. The van der Waals surface area contributed by atoms with Crippen molar-refractivity contribution >= 4 is 11.7 Å². The number of H-pyrrole nitrogens is 1. The molecule has 1 saturated heterocycles. The lowest BCUT2D eigenvalue weighted by molar-refractivity contribution is 0.0622. The Morgan fingerprint density at radius 1 is 1.10 bits per heavy atom. The molecule has 1 aromatic heterocycles. The second kappa shape index (κ2) is 7.41. The molecule has 0 bridgehead atoms. The molecule has 3 aliphatic rings. The second-order valence-corrected chi connectivity index (χ2v) is 9.68. The zero-order valence-corrected chi connectivity index (χ0v) is 18.4. The molecule has 7 heteroatoms. The van der Waals surface area contributed by atoms with Crippen LogP contribution in [-0.4, -0.2) is 59.4 Å². The number of aromatic nitrogens is 1. The van der Waals surface area contributed by atoms with E-state index in [1.54, 1.807) is 0 Å². The van der Waals surface area contributed by atoms with E-state index in [1.807, 2.05) is 24.0 Å². The van der Waals surface area contributed by atoms with Gasteiger partial charge in [-0.15, -0.1) is 0 Å². The highest BCUT2D eigenvalue weighted by molar-refractivity contribution is 6.04. The number of benzene rings is 1. The van der Waals surface area contributed by atoms with Crippen LogP contribution in [-0.2, 0) is 13.0 Å². The van der Waals surface area contributed by atoms with E-state index < -0.39 is 0 Å². The number of Topliss-reactive ketones (excluding diaryl/α,β-unsaturated/α-hetero) is 1. The predicted octanol–water partition coefficient (Wildman–Crippen LogP) is 3.16. The van der Waals surface area contributed by atoms with E-state index in [9.17, 15) is 9.59 Å². The molecule has 1 amide bonds. The standard InChI is InChI=1S/C24H29N3O4/c1-15-21-17(11-24(2,3)12-18(21)28)25-22(15)23(29)27-8-6-26(7-9-27)13-16-4-5-19-20(10-16)31-14-30-19/h4-5,10,25H,6-9,11-14H2,1-3H3. The molecule has 164 valence electrons. The Morgan fingerprint density at radius 2 is 1.84 bits per heavy atom. The van der Waals surface area contributed by atoms with Gasteiger partial charge in [-0.05, 0) is 42.0 Å². The number of hydrogen-bond donors (Lipinski definition) is 1. The highest BCUT2D eigenvalue weighted by Crippen LogP contribution is 2.37. The van der Waals surface area contributed by atoms with Gasteiger partial charge in [0.1, 0.15) is 5.69 Å². The Hall–Kier alpha value is -2.80. The lowest BCUT2D eigenvalue weighted by Gasteiger charge is -2.34. The number of ketones is 1. The summed E-state index contributed by atoms with van der Waals surface area (Å²) in [5, 5.41) is 0. The van der Waals surface area contributed by atoms with Gasteiger partial charge in [0.2, 0.25) is 6.79 Å². The summed E-state index contributed by atoms with van der Waals surface area (Å²) in [6.07, 6.45) is 1.33. The molecular formula is C24H29N3O4. The van der Waals surface area contributed by atoms with Crippen molar-refractivity contribution in [3.8, 4) is 11.5 Å². The molecule has 31 heavy (non-hydrogen) atoms. The van der Waals surface area contributed by atoms with Crippen LogP contribution in [0.15, 0.2) is 18.2 Å². The summed E-state index contributed by atoms with van der Waals surface area (Å²) in [5.74, 6) is 1.74. The van der Waals surface area contributed by atoms with E-state index in [-0.39, 0.29) is 23.9 Å². The number of fused-ring (bicyclic) bond motifs is 2. The first-order valence-corrected chi connectivity index (χ1v) is 11.0. The Morgan fingerprint density at radius 3 is 2.61 bits per heavy atom. The second-order valence-electron chi connectivity index (χ2n) is 9.68. The first-order chi connectivity index (χ1) is 14.8. The fourth-order valence-electron chi connectivity index (χ4n) is 5.01. The molecule has 0 unspecified atom stereocenters. The number of nitrogens with one attached hydrogen (secondary N) is 1. The van der Waals surface area contributed by atoms with Crippen molar-refractivity contribution in [1.82, 2.24) is 14.8 Å². The van der Waals surface area contributed by atoms with Crippen LogP contribution in [0.3, 0.4) is 0 Å². The van der Waals surface area contributed by atoms with Gasteiger partial charge >= 0.3 is 0 Å². The molecule has 7 nitrogen and oxygen atoms in total. The van der Waals surface area contributed by atoms with Crippen LogP contribution in [0.2, 0.25) is 0 Å². The van der Waals surface area contributed by atoms with Crippen molar-refractivity contribution in [1.29, 1.82) is 0 Å². The molecule has 0 radical (unpaired) electrons. The zero-order valence-electron chi connectivity index (χ0n) is 18.4. The van der Waals surface area contributed by atoms with E-state index >= 15 is 0 Å². The highest BCUT2D eigenvalue weighted by Gasteiger charge is 2.36. The number of piperazine rings is 1. The largest absolute Gasteiger partial charge is 0.454 e. The molecule has 0 spiro atoms. The fourth-order valence-corrected chi connectivity index (χ4v) is 5.01. The number of nitrogens with zero attached hydrogens (tertiary/aromatic N) is 2. The number of rotatable bonds is 3. The van der Waals surface area contributed by atoms with E-state index in [1.165, 1.54) is 5.56 Å². The van der Waals surface area contributed by atoms with E-state index in [0.29, 0.717) is 25.2 Å². The van der Waals surface area contributed by atoms with E-state index in [4.69, 9.17) is 9.47 Å². The van der Waals surface area contributed by atoms with Gasteiger partial charge in [0, 0.05) is 50.4 Å². The summed E-state index contributed by atoms with van der Waals surface area (Å²) < 4.78 is 10.9. The van der Waals surface area contributed by atoms with Crippen LogP contribution < -0.4 is 9.47 Å². The maximum absolute atomic E-state index is 13.2. The minimum absolute atomic E-state index is 0.000218. The molecule has 0 saturated carbocycles. The van der Waals surface area contributed by atoms with Crippen LogP contribution >= 0.6 is 0 Å². The lowest BCUT2D eigenvalue weighted by Crippen LogP contribution is -2.48. The summed E-state index contributed by atoms with van der Waals surface area (Å²) in [6, 6.07) is 6.05. The van der Waals surface area contributed by atoms with Crippen LogP contribution in [0, 0.1) is 12.3 Å². The predicted molar refractivity (Wildman–Crippen MR) is 116 cm³/mol. The topological polar surface area (TPSA) is 74.9 Å². The summed E-state index contributed by atoms with van der Waals surface area (Å²) in [5.41, 5.74) is 4.16.